The van der Waals surface area contributed by atoms with Crippen LogP contribution in [0.5, 0.6) is 0 Å². The molecule has 0 saturated heterocycles. The minimum Gasteiger partial charge on any atom is -0.409 e. The third-order valence-electron chi connectivity index (χ3n) is 2.90. The topological polar surface area (TPSA) is 74.7 Å². The highest BCUT2D eigenvalue weighted by Gasteiger charge is 2.10. The normalized spacial score (nSPS) is 11.5. The lowest BCUT2D eigenvalue weighted by molar-refractivity contribution is 0.318. The molecule has 110 valence electrons. The van der Waals surface area contributed by atoms with E-state index in [9.17, 15) is 0 Å². The van der Waals surface area contributed by atoms with Gasteiger partial charge in [0, 0.05) is 25.4 Å². The summed E-state index contributed by atoms with van der Waals surface area (Å²) in [6.45, 7) is 0.570. The fourth-order valence-corrected chi connectivity index (χ4v) is 2.45. The molecule has 2 aromatic rings. The van der Waals surface area contributed by atoms with Crippen LogP contribution in [0.15, 0.2) is 41.7 Å². The number of nitrogens with zero attached hydrogens (tertiary/aromatic N) is 3. The van der Waals surface area contributed by atoms with Crippen molar-refractivity contribution in [3.63, 3.8) is 0 Å². The molecule has 0 unspecified atom stereocenters. The molecule has 1 aromatic heterocycles. The van der Waals surface area contributed by atoms with Gasteiger partial charge in [-0.15, -0.1) is 0 Å². The minimum absolute atomic E-state index is 0.0714. The zero-order valence-electron chi connectivity index (χ0n) is 11.3. The number of anilines is 1. The predicted molar refractivity (Wildman–Crippen MR) is 85.3 cm³/mol. The van der Waals surface area contributed by atoms with Crippen molar-refractivity contribution >= 4 is 34.9 Å². The van der Waals surface area contributed by atoms with E-state index in [0.29, 0.717) is 28.0 Å². The van der Waals surface area contributed by atoms with Gasteiger partial charge in [-0.1, -0.05) is 46.6 Å². The molecule has 21 heavy (non-hydrogen) atoms. The Morgan fingerprint density at radius 1 is 1.38 bits per heavy atom. The van der Waals surface area contributed by atoms with Crippen LogP contribution in [0.4, 0.5) is 5.82 Å². The summed E-state index contributed by atoms with van der Waals surface area (Å²) in [5.74, 6) is 0.706. The Labute approximate surface area is 132 Å². The fourth-order valence-electron chi connectivity index (χ4n) is 1.92. The van der Waals surface area contributed by atoms with Crippen LogP contribution >= 0.6 is 23.2 Å². The van der Waals surface area contributed by atoms with Gasteiger partial charge in [-0.2, -0.15) is 0 Å². The largest absolute Gasteiger partial charge is 0.409 e. The number of pyridine rings is 1. The third-order valence-corrected chi connectivity index (χ3v) is 3.39. The Balaban J connectivity index is 2.21. The maximum atomic E-state index is 8.71. The van der Waals surface area contributed by atoms with Crippen molar-refractivity contribution in [3.05, 3.63) is 57.7 Å². The zero-order chi connectivity index (χ0) is 15.4. The lowest BCUT2D eigenvalue weighted by Gasteiger charge is -2.19. The van der Waals surface area contributed by atoms with Crippen LogP contribution in [0.1, 0.15) is 11.1 Å². The van der Waals surface area contributed by atoms with Crippen molar-refractivity contribution in [1.29, 1.82) is 0 Å². The summed E-state index contributed by atoms with van der Waals surface area (Å²) in [6, 6.07) is 9.04. The van der Waals surface area contributed by atoms with E-state index in [0.717, 1.165) is 5.56 Å². The van der Waals surface area contributed by atoms with E-state index in [-0.39, 0.29) is 5.84 Å². The smallest absolute Gasteiger partial charge is 0.170 e. The molecular formula is C14H14Cl2N4O. The van der Waals surface area contributed by atoms with E-state index in [2.05, 4.69) is 10.1 Å². The number of hydrogen-bond acceptors (Lipinski definition) is 4. The summed E-state index contributed by atoms with van der Waals surface area (Å²) in [6.07, 6.45) is 1.55. The van der Waals surface area contributed by atoms with Gasteiger partial charge >= 0.3 is 0 Å². The quantitative estimate of drug-likeness (QED) is 0.392. The molecule has 0 saturated carbocycles. The van der Waals surface area contributed by atoms with E-state index in [4.69, 9.17) is 34.1 Å². The molecular weight excluding hydrogens is 311 g/mol. The summed E-state index contributed by atoms with van der Waals surface area (Å²) >= 11 is 12.0. The van der Waals surface area contributed by atoms with Crippen LogP contribution in [-0.2, 0) is 6.54 Å². The summed E-state index contributed by atoms with van der Waals surface area (Å²) in [5.41, 5.74) is 7.22. The van der Waals surface area contributed by atoms with Gasteiger partial charge < -0.3 is 15.8 Å². The first-order chi connectivity index (χ1) is 10.0. The van der Waals surface area contributed by atoms with Crippen LogP contribution in [0.25, 0.3) is 0 Å². The number of halogens is 2. The van der Waals surface area contributed by atoms with E-state index in [1.54, 1.807) is 18.3 Å². The standard InChI is InChI=1S/C14H14Cl2N4O/c1-20(14-12(16)6-11(15)7-18-14)8-9-3-2-4-10(5-9)13(17)19-21/h2-7,21H,8H2,1H3,(H2,17,19). The second kappa shape index (κ2) is 6.65. The highest BCUT2D eigenvalue weighted by Crippen LogP contribution is 2.26. The number of rotatable bonds is 4. The molecule has 1 heterocycles. The molecule has 0 aliphatic heterocycles. The van der Waals surface area contributed by atoms with E-state index < -0.39 is 0 Å². The molecule has 3 N–H and O–H groups in total. The molecule has 0 amide bonds. The average molecular weight is 325 g/mol. The number of amidine groups is 1. The Morgan fingerprint density at radius 3 is 2.81 bits per heavy atom. The van der Waals surface area contributed by atoms with Gasteiger partial charge in [-0.25, -0.2) is 4.98 Å². The zero-order valence-corrected chi connectivity index (χ0v) is 12.8. The summed E-state index contributed by atoms with van der Waals surface area (Å²) in [7, 11) is 1.87. The highest BCUT2D eigenvalue weighted by molar-refractivity contribution is 6.35. The fraction of sp³-hybridized carbons (Fsp3) is 0.143. The second-order valence-corrected chi connectivity index (χ2v) is 5.34. The first-order valence-electron chi connectivity index (χ1n) is 6.10. The number of oxime groups is 1. The molecule has 0 aliphatic carbocycles. The van der Waals surface area contributed by atoms with Crippen LogP contribution < -0.4 is 10.6 Å². The average Bonchev–Trinajstić information content (AvgIpc) is 2.46. The molecule has 1 aromatic carbocycles. The number of hydrogen-bond donors (Lipinski definition) is 2. The maximum absolute atomic E-state index is 8.71. The molecule has 0 fully saturated rings. The second-order valence-electron chi connectivity index (χ2n) is 4.50. The monoisotopic (exact) mass is 324 g/mol. The molecule has 7 heteroatoms. The van der Waals surface area contributed by atoms with Crippen molar-refractivity contribution in [2.24, 2.45) is 10.9 Å². The minimum atomic E-state index is 0.0714. The van der Waals surface area contributed by atoms with Crippen molar-refractivity contribution in [3.8, 4) is 0 Å². The Kier molecular flexibility index (Phi) is 4.88. The molecule has 0 aliphatic rings. The summed E-state index contributed by atoms with van der Waals surface area (Å²) < 4.78 is 0. The van der Waals surface area contributed by atoms with Crippen LogP contribution in [-0.4, -0.2) is 23.1 Å². The maximum Gasteiger partial charge on any atom is 0.170 e. The number of aromatic nitrogens is 1. The van der Waals surface area contributed by atoms with E-state index >= 15 is 0 Å². The number of nitrogens with two attached hydrogens (primary N) is 1. The van der Waals surface area contributed by atoms with Gasteiger partial charge in [0.2, 0.25) is 0 Å². The molecule has 0 spiro atoms. The third kappa shape index (κ3) is 3.77. The molecule has 5 nitrogen and oxygen atoms in total. The highest BCUT2D eigenvalue weighted by atomic mass is 35.5. The Hall–Kier alpha value is -1.98. The lowest BCUT2D eigenvalue weighted by Crippen LogP contribution is -2.19. The van der Waals surface area contributed by atoms with E-state index in [1.807, 2.05) is 30.1 Å². The van der Waals surface area contributed by atoms with Crippen LogP contribution in [0, 0.1) is 0 Å². The van der Waals surface area contributed by atoms with Crippen LogP contribution in [0.2, 0.25) is 10.0 Å². The summed E-state index contributed by atoms with van der Waals surface area (Å²) in [5, 5.41) is 12.7. The van der Waals surface area contributed by atoms with Gasteiger partial charge in [-0.3, -0.25) is 0 Å². The molecule has 0 bridgehead atoms. The first-order valence-corrected chi connectivity index (χ1v) is 6.86. The molecule has 0 atom stereocenters. The first kappa shape index (κ1) is 15.4. The Morgan fingerprint density at radius 2 is 2.14 bits per heavy atom. The Bertz CT molecular complexity index is 676. The van der Waals surface area contributed by atoms with Crippen molar-refractivity contribution in [2.75, 3.05) is 11.9 Å². The lowest BCUT2D eigenvalue weighted by atomic mass is 10.1. The van der Waals surface area contributed by atoms with E-state index in [1.165, 1.54) is 0 Å². The summed E-state index contributed by atoms with van der Waals surface area (Å²) in [4.78, 5) is 6.11. The molecule has 2 rings (SSSR count). The molecule has 0 radical (unpaired) electrons. The van der Waals surface area contributed by atoms with Gasteiger partial charge in [0.1, 0.15) is 5.82 Å². The van der Waals surface area contributed by atoms with Gasteiger partial charge in [-0.05, 0) is 17.7 Å². The SMILES string of the molecule is CN(Cc1cccc(C(N)=NO)c1)c1ncc(Cl)cc1Cl. The van der Waals surface area contributed by atoms with Gasteiger partial charge in [0.05, 0.1) is 10.0 Å². The van der Waals surface area contributed by atoms with Crippen molar-refractivity contribution in [1.82, 2.24) is 4.98 Å². The predicted octanol–water partition coefficient (Wildman–Crippen LogP) is 3.12. The van der Waals surface area contributed by atoms with Gasteiger partial charge in [0.15, 0.2) is 5.84 Å². The van der Waals surface area contributed by atoms with Crippen molar-refractivity contribution < 1.29 is 5.21 Å². The van der Waals surface area contributed by atoms with Crippen molar-refractivity contribution in [2.45, 2.75) is 6.54 Å². The number of benzene rings is 1. The van der Waals surface area contributed by atoms with Crippen LogP contribution in [0.3, 0.4) is 0 Å². The van der Waals surface area contributed by atoms with Gasteiger partial charge in [0.25, 0.3) is 0 Å².